The summed E-state index contributed by atoms with van der Waals surface area (Å²) in [7, 11) is 1.81. The van der Waals surface area contributed by atoms with E-state index in [1.807, 2.05) is 20.9 Å². The van der Waals surface area contributed by atoms with E-state index in [0.717, 1.165) is 15.9 Å². The Bertz CT molecular complexity index is 249. The lowest BCUT2D eigenvalue weighted by Gasteiger charge is -2.03. The Labute approximate surface area is 74.4 Å². The van der Waals surface area contributed by atoms with Gasteiger partial charge in [-0.2, -0.15) is 0 Å². The Balaban J connectivity index is 3.21. The molecule has 0 fully saturated rings. The molecule has 0 aliphatic rings. The molecule has 0 saturated carbocycles. The average Bonchev–Trinajstić information content (AvgIpc) is 1.99. The summed E-state index contributed by atoms with van der Waals surface area (Å²) >= 11 is 3.39. The van der Waals surface area contributed by atoms with Gasteiger partial charge in [0.15, 0.2) is 0 Å². The summed E-state index contributed by atoms with van der Waals surface area (Å²) in [6.07, 6.45) is 0. The number of nitrogens with one attached hydrogen (secondary N) is 1. The first-order valence-electron chi connectivity index (χ1n) is 3.33. The monoisotopic (exact) mass is 215 g/mol. The van der Waals surface area contributed by atoms with Crippen LogP contribution < -0.4 is 5.32 Å². The first-order chi connectivity index (χ1) is 5.15. The van der Waals surface area contributed by atoms with Crippen LogP contribution >= 0.6 is 15.9 Å². The van der Waals surface area contributed by atoms with E-state index in [9.17, 15) is 0 Å². The van der Waals surface area contributed by atoms with E-state index in [1.165, 1.54) is 0 Å². The van der Waals surface area contributed by atoms with Gasteiger partial charge >= 0.3 is 0 Å². The van der Waals surface area contributed by atoms with Crippen molar-refractivity contribution in [1.82, 2.24) is 9.97 Å². The van der Waals surface area contributed by atoms with Gasteiger partial charge in [-0.05, 0) is 29.8 Å². The minimum atomic E-state index is 0.670. The topological polar surface area (TPSA) is 37.8 Å². The van der Waals surface area contributed by atoms with Crippen molar-refractivity contribution in [2.45, 2.75) is 13.8 Å². The molecule has 0 bridgehead atoms. The molecule has 0 atom stereocenters. The molecule has 4 heteroatoms. The van der Waals surface area contributed by atoms with Crippen molar-refractivity contribution >= 4 is 21.9 Å². The molecule has 1 aromatic heterocycles. The molecule has 0 aromatic carbocycles. The summed E-state index contributed by atoms with van der Waals surface area (Å²) in [4.78, 5) is 8.37. The molecule has 60 valence electrons. The van der Waals surface area contributed by atoms with Gasteiger partial charge in [0.1, 0.15) is 0 Å². The predicted molar refractivity (Wildman–Crippen MR) is 48.8 cm³/mol. The number of anilines is 1. The van der Waals surface area contributed by atoms with Gasteiger partial charge in [-0.1, -0.05) is 0 Å². The van der Waals surface area contributed by atoms with E-state index in [2.05, 4.69) is 31.2 Å². The largest absolute Gasteiger partial charge is 0.357 e. The van der Waals surface area contributed by atoms with Crippen LogP contribution in [0.5, 0.6) is 0 Å². The molecular formula is C7H10BrN3. The minimum absolute atomic E-state index is 0.670. The van der Waals surface area contributed by atoms with Crippen molar-refractivity contribution in [3.63, 3.8) is 0 Å². The zero-order chi connectivity index (χ0) is 8.43. The van der Waals surface area contributed by atoms with Gasteiger partial charge in [-0.15, -0.1) is 0 Å². The fourth-order valence-electron chi connectivity index (χ4n) is 0.814. The number of rotatable bonds is 1. The number of hydrogen-bond donors (Lipinski definition) is 1. The van der Waals surface area contributed by atoms with Crippen LogP contribution in [0.4, 0.5) is 5.95 Å². The lowest BCUT2D eigenvalue weighted by Crippen LogP contribution is -2.00. The smallest absolute Gasteiger partial charge is 0.222 e. The van der Waals surface area contributed by atoms with E-state index >= 15 is 0 Å². The summed E-state index contributed by atoms with van der Waals surface area (Å²) in [5.74, 6) is 0.670. The van der Waals surface area contributed by atoms with E-state index in [4.69, 9.17) is 0 Å². The van der Waals surface area contributed by atoms with E-state index in [0.29, 0.717) is 5.95 Å². The van der Waals surface area contributed by atoms with E-state index in [1.54, 1.807) is 0 Å². The molecule has 1 aromatic rings. The van der Waals surface area contributed by atoms with Crippen molar-refractivity contribution in [1.29, 1.82) is 0 Å². The Morgan fingerprint density at radius 3 is 2.00 bits per heavy atom. The second kappa shape index (κ2) is 3.17. The van der Waals surface area contributed by atoms with Crippen molar-refractivity contribution in [2.75, 3.05) is 12.4 Å². The lowest BCUT2D eigenvalue weighted by molar-refractivity contribution is 1.03. The third-order valence-electron chi connectivity index (χ3n) is 1.41. The Morgan fingerprint density at radius 1 is 1.18 bits per heavy atom. The molecule has 0 saturated heterocycles. The van der Waals surface area contributed by atoms with Crippen molar-refractivity contribution in [3.05, 3.63) is 15.9 Å². The van der Waals surface area contributed by atoms with Crippen LogP contribution in [0.1, 0.15) is 11.4 Å². The predicted octanol–water partition coefficient (Wildman–Crippen LogP) is 1.90. The summed E-state index contributed by atoms with van der Waals surface area (Å²) in [5, 5.41) is 2.89. The van der Waals surface area contributed by atoms with Crippen LogP contribution in [0.3, 0.4) is 0 Å². The third kappa shape index (κ3) is 1.68. The van der Waals surface area contributed by atoms with E-state index < -0.39 is 0 Å². The second-order valence-corrected chi connectivity index (χ2v) is 3.08. The summed E-state index contributed by atoms with van der Waals surface area (Å²) in [6, 6.07) is 0. The first kappa shape index (κ1) is 8.46. The normalized spacial score (nSPS) is 9.82. The summed E-state index contributed by atoms with van der Waals surface area (Å²) in [6.45, 7) is 3.89. The molecule has 3 nitrogen and oxygen atoms in total. The van der Waals surface area contributed by atoms with Crippen LogP contribution in [0.25, 0.3) is 0 Å². The highest BCUT2D eigenvalue weighted by molar-refractivity contribution is 9.10. The number of aromatic nitrogens is 2. The molecule has 0 unspecified atom stereocenters. The third-order valence-corrected chi connectivity index (χ3v) is 2.55. The highest BCUT2D eigenvalue weighted by atomic mass is 79.9. The van der Waals surface area contributed by atoms with Crippen LogP contribution in [-0.2, 0) is 0 Å². The van der Waals surface area contributed by atoms with Crippen LogP contribution in [0.15, 0.2) is 4.47 Å². The van der Waals surface area contributed by atoms with Crippen LogP contribution in [-0.4, -0.2) is 17.0 Å². The molecule has 1 N–H and O–H groups in total. The standard InChI is InChI=1S/C7H10BrN3/c1-4-6(8)5(2)11-7(9-3)10-4/h1-3H3,(H,9,10,11). The fourth-order valence-corrected chi connectivity index (χ4v) is 0.992. The van der Waals surface area contributed by atoms with Crippen LogP contribution in [0, 0.1) is 13.8 Å². The molecule has 0 aliphatic heterocycles. The van der Waals surface area contributed by atoms with Gasteiger partial charge in [0.05, 0.1) is 15.9 Å². The van der Waals surface area contributed by atoms with Crippen LogP contribution in [0.2, 0.25) is 0 Å². The number of aryl methyl sites for hydroxylation is 2. The number of hydrogen-bond acceptors (Lipinski definition) is 3. The van der Waals surface area contributed by atoms with Gasteiger partial charge in [-0.25, -0.2) is 9.97 Å². The molecule has 1 heterocycles. The van der Waals surface area contributed by atoms with Crippen molar-refractivity contribution < 1.29 is 0 Å². The second-order valence-electron chi connectivity index (χ2n) is 2.28. The van der Waals surface area contributed by atoms with Gasteiger partial charge in [0.25, 0.3) is 0 Å². The van der Waals surface area contributed by atoms with Gasteiger partial charge in [0, 0.05) is 7.05 Å². The highest BCUT2D eigenvalue weighted by Gasteiger charge is 2.02. The van der Waals surface area contributed by atoms with Gasteiger partial charge in [0.2, 0.25) is 5.95 Å². The Morgan fingerprint density at radius 2 is 1.64 bits per heavy atom. The minimum Gasteiger partial charge on any atom is -0.357 e. The molecular weight excluding hydrogens is 206 g/mol. The first-order valence-corrected chi connectivity index (χ1v) is 4.13. The zero-order valence-electron chi connectivity index (χ0n) is 6.77. The van der Waals surface area contributed by atoms with E-state index in [-0.39, 0.29) is 0 Å². The molecule has 0 amide bonds. The van der Waals surface area contributed by atoms with Gasteiger partial charge in [-0.3, -0.25) is 0 Å². The Hall–Kier alpha value is -0.640. The van der Waals surface area contributed by atoms with Crippen molar-refractivity contribution in [2.24, 2.45) is 0 Å². The summed E-state index contributed by atoms with van der Waals surface area (Å²) in [5.41, 5.74) is 1.92. The summed E-state index contributed by atoms with van der Waals surface area (Å²) < 4.78 is 0.983. The fraction of sp³-hybridized carbons (Fsp3) is 0.429. The maximum absolute atomic E-state index is 4.18. The highest BCUT2D eigenvalue weighted by Crippen LogP contribution is 2.18. The molecule has 0 radical (unpaired) electrons. The Kier molecular flexibility index (Phi) is 2.44. The number of halogens is 1. The SMILES string of the molecule is CNc1nc(C)c(Br)c(C)n1. The molecule has 0 spiro atoms. The lowest BCUT2D eigenvalue weighted by atomic mass is 10.4. The average molecular weight is 216 g/mol. The maximum Gasteiger partial charge on any atom is 0.222 e. The quantitative estimate of drug-likeness (QED) is 0.778. The zero-order valence-corrected chi connectivity index (χ0v) is 8.36. The maximum atomic E-state index is 4.18. The number of nitrogens with zero attached hydrogens (tertiary/aromatic N) is 2. The van der Waals surface area contributed by atoms with Gasteiger partial charge < -0.3 is 5.32 Å². The molecule has 0 aliphatic carbocycles. The molecule has 11 heavy (non-hydrogen) atoms. The van der Waals surface area contributed by atoms with Crippen molar-refractivity contribution in [3.8, 4) is 0 Å². The molecule has 1 rings (SSSR count).